The Kier molecular flexibility index (Phi) is 4.85. The van der Waals surface area contributed by atoms with Crippen LogP contribution in [0, 0.1) is 6.92 Å². The van der Waals surface area contributed by atoms with Gasteiger partial charge in [-0.2, -0.15) is 0 Å². The van der Waals surface area contributed by atoms with Gasteiger partial charge in [0.15, 0.2) is 0 Å². The number of aryl methyl sites for hydroxylation is 1. The van der Waals surface area contributed by atoms with Crippen molar-refractivity contribution in [1.82, 2.24) is 0 Å². The van der Waals surface area contributed by atoms with E-state index >= 15 is 0 Å². The van der Waals surface area contributed by atoms with Crippen LogP contribution in [0.3, 0.4) is 0 Å². The van der Waals surface area contributed by atoms with E-state index in [-0.39, 0.29) is 0 Å². The number of aldehydes is 1. The summed E-state index contributed by atoms with van der Waals surface area (Å²) in [6.07, 6.45) is 0.900. The van der Waals surface area contributed by atoms with Crippen molar-refractivity contribution in [1.29, 1.82) is 0 Å². The summed E-state index contributed by atoms with van der Waals surface area (Å²) in [4.78, 5) is 12.0. The van der Waals surface area contributed by atoms with Gasteiger partial charge in [0.2, 0.25) is 0 Å². The summed E-state index contributed by atoms with van der Waals surface area (Å²) in [5.74, 6) is 0.545. The average molecular weight is 285 g/mol. The van der Waals surface area contributed by atoms with Crippen LogP contribution in [0.2, 0.25) is 0 Å². The molecule has 3 heteroatoms. The highest BCUT2D eigenvalue weighted by molar-refractivity contribution is 8.00. The first kappa shape index (κ1) is 14.7. The number of hydrogen-bond donors (Lipinski definition) is 1. The van der Waals surface area contributed by atoms with Gasteiger partial charge < -0.3 is 4.72 Å². The van der Waals surface area contributed by atoms with E-state index < -0.39 is 0 Å². The Balaban J connectivity index is 2.03. The van der Waals surface area contributed by atoms with Crippen LogP contribution < -0.4 is 4.72 Å². The number of anilines is 1. The molecule has 1 N–H and O–H groups in total. The van der Waals surface area contributed by atoms with Crippen LogP contribution >= 0.6 is 11.9 Å². The maximum Gasteiger partial charge on any atom is 0.150 e. The van der Waals surface area contributed by atoms with Gasteiger partial charge in [0.25, 0.3) is 0 Å². The number of rotatable bonds is 5. The van der Waals surface area contributed by atoms with E-state index in [0.29, 0.717) is 5.92 Å². The van der Waals surface area contributed by atoms with Crippen LogP contribution in [0.4, 0.5) is 5.69 Å². The molecular formula is C17H19NOS. The summed E-state index contributed by atoms with van der Waals surface area (Å²) in [5, 5.41) is 0. The van der Waals surface area contributed by atoms with Gasteiger partial charge in [-0.15, -0.1) is 0 Å². The van der Waals surface area contributed by atoms with Crippen LogP contribution in [0.1, 0.15) is 41.3 Å². The van der Waals surface area contributed by atoms with Crippen LogP contribution in [0.15, 0.2) is 47.4 Å². The van der Waals surface area contributed by atoms with E-state index in [1.54, 1.807) is 0 Å². The molecule has 0 aliphatic heterocycles. The van der Waals surface area contributed by atoms with Gasteiger partial charge in [-0.1, -0.05) is 32.0 Å². The van der Waals surface area contributed by atoms with Crippen molar-refractivity contribution in [3.8, 4) is 0 Å². The van der Waals surface area contributed by atoms with Crippen molar-refractivity contribution >= 4 is 23.9 Å². The van der Waals surface area contributed by atoms with Crippen molar-refractivity contribution in [2.75, 3.05) is 4.72 Å². The Morgan fingerprint density at radius 3 is 2.40 bits per heavy atom. The molecule has 0 spiro atoms. The third-order valence-electron chi connectivity index (χ3n) is 3.24. The largest absolute Gasteiger partial charge is 0.326 e. The lowest BCUT2D eigenvalue weighted by Crippen LogP contribution is -1.91. The van der Waals surface area contributed by atoms with Crippen LogP contribution in [0.25, 0.3) is 0 Å². The third kappa shape index (κ3) is 3.64. The molecule has 0 unspecified atom stereocenters. The van der Waals surface area contributed by atoms with E-state index in [1.807, 2.05) is 25.1 Å². The standard InChI is InChI=1S/C17H19NOS/c1-12(2)14-5-7-16(8-6-14)18-20-17-9-4-13(3)15(10-17)11-19/h4-12,18H,1-3H3. The van der Waals surface area contributed by atoms with E-state index in [1.165, 1.54) is 17.5 Å². The third-order valence-corrected chi connectivity index (χ3v) is 4.07. The number of carbonyl (C=O) groups is 1. The highest BCUT2D eigenvalue weighted by atomic mass is 32.2. The SMILES string of the molecule is Cc1ccc(SNc2ccc(C(C)C)cc2)cc1C=O. The van der Waals surface area contributed by atoms with Crippen molar-refractivity contribution < 1.29 is 4.79 Å². The monoisotopic (exact) mass is 285 g/mol. The first-order valence-corrected chi connectivity index (χ1v) is 7.50. The topological polar surface area (TPSA) is 29.1 Å². The summed E-state index contributed by atoms with van der Waals surface area (Å²) in [5.41, 5.74) is 4.14. The second-order valence-electron chi connectivity index (χ2n) is 5.12. The fourth-order valence-electron chi connectivity index (χ4n) is 1.86. The Labute approximate surface area is 124 Å². The van der Waals surface area contributed by atoms with Crippen LogP contribution in [-0.2, 0) is 0 Å². The predicted octanol–water partition coefficient (Wildman–Crippen LogP) is 5.05. The van der Waals surface area contributed by atoms with E-state index in [2.05, 4.69) is 42.8 Å². The van der Waals surface area contributed by atoms with E-state index in [9.17, 15) is 4.79 Å². The van der Waals surface area contributed by atoms with Gasteiger partial charge in [0.1, 0.15) is 6.29 Å². The van der Waals surface area contributed by atoms with E-state index in [4.69, 9.17) is 0 Å². The van der Waals surface area contributed by atoms with E-state index in [0.717, 1.165) is 28.0 Å². The molecule has 0 saturated carbocycles. The summed E-state index contributed by atoms with van der Waals surface area (Å²) in [6.45, 7) is 6.31. The van der Waals surface area contributed by atoms with Crippen LogP contribution in [0.5, 0.6) is 0 Å². The minimum absolute atomic E-state index is 0.545. The van der Waals surface area contributed by atoms with Crippen molar-refractivity contribution in [3.63, 3.8) is 0 Å². The first-order valence-electron chi connectivity index (χ1n) is 6.69. The molecule has 0 saturated heterocycles. The fourth-order valence-corrected chi connectivity index (χ4v) is 2.56. The molecular weight excluding hydrogens is 266 g/mol. The zero-order valence-electron chi connectivity index (χ0n) is 12.0. The van der Waals surface area contributed by atoms with Gasteiger partial charge in [0, 0.05) is 16.1 Å². The molecule has 2 rings (SSSR count). The lowest BCUT2D eigenvalue weighted by Gasteiger charge is -2.09. The predicted molar refractivity (Wildman–Crippen MR) is 86.6 cm³/mol. The fraction of sp³-hybridized carbons (Fsp3) is 0.235. The summed E-state index contributed by atoms with van der Waals surface area (Å²) in [7, 11) is 0. The quantitative estimate of drug-likeness (QED) is 0.615. The molecule has 104 valence electrons. The molecule has 0 radical (unpaired) electrons. The highest BCUT2D eigenvalue weighted by Crippen LogP contribution is 2.24. The molecule has 0 bridgehead atoms. The Bertz CT molecular complexity index is 590. The lowest BCUT2D eigenvalue weighted by molar-refractivity contribution is 0.112. The minimum atomic E-state index is 0.545. The molecule has 0 fully saturated rings. The Hall–Kier alpha value is -1.74. The molecule has 0 aliphatic carbocycles. The molecule has 0 atom stereocenters. The normalized spacial score (nSPS) is 10.6. The van der Waals surface area contributed by atoms with Crippen LogP contribution in [-0.4, -0.2) is 6.29 Å². The molecule has 0 aromatic heterocycles. The van der Waals surface area contributed by atoms with Crippen molar-refractivity contribution in [2.24, 2.45) is 0 Å². The Morgan fingerprint density at radius 2 is 1.80 bits per heavy atom. The Morgan fingerprint density at radius 1 is 1.10 bits per heavy atom. The molecule has 2 aromatic rings. The zero-order chi connectivity index (χ0) is 14.5. The summed E-state index contributed by atoms with van der Waals surface area (Å²) >= 11 is 1.52. The first-order chi connectivity index (χ1) is 9.60. The number of benzene rings is 2. The van der Waals surface area contributed by atoms with Gasteiger partial charge in [-0.25, -0.2) is 0 Å². The average Bonchev–Trinajstić information content (AvgIpc) is 2.46. The van der Waals surface area contributed by atoms with Gasteiger partial charge in [0.05, 0.1) is 0 Å². The van der Waals surface area contributed by atoms with Crippen molar-refractivity contribution in [3.05, 3.63) is 59.2 Å². The second-order valence-corrected chi connectivity index (χ2v) is 6.00. The highest BCUT2D eigenvalue weighted by Gasteiger charge is 2.02. The molecule has 0 heterocycles. The van der Waals surface area contributed by atoms with Gasteiger partial charge in [-0.05, 0) is 60.2 Å². The lowest BCUT2D eigenvalue weighted by atomic mass is 10.0. The van der Waals surface area contributed by atoms with Gasteiger partial charge in [-0.3, -0.25) is 4.79 Å². The number of hydrogen-bond acceptors (Lipinski definition) is 3. The second kappa shape index (κ2) is 6.62. The molecule has 0 amide bonds. The van der Waals surface area contributed by atoms with Crippen molar-refractivity contribution in [2.45, 2.75) is 31.6 Å². The van der Waals surface area contributed by atoms with Gasteiger partial charge >= 0.3 is 0 Å². The zero-order valence-corrected chi connectivity index (χ0v) is 12.8. The molecule has 2 aromatic carbocycles. The maximum absolute atomic E-state index is 10.9. The molecule has 2 nitrogen and oxygen atoms in total. The smallest absolute Gasteiger partial charge is 0.150 e. The summed E-state index contributed by atoms with van der Waals surface area (Å²) < 4.78 is 3.30. The molecule has 0 aliphatic rings. The maximum atomic E-state index is 10.9. The molecule has 20 heavy (non-hydrogen) atoms. The summed E-state index contributed by atoms with van der Waals surface area (Å²) in [6, 6.07) is 14.3. The number of carbonyl (C=O) groups excluding carboxylic acids is 1. The minimum Gasteiger partial charge on any atom is -0.326 e. The number of nitrogens with one attached hydrogen (secondary N) is 1.